The van der Waals surface area contributed by atoms with Crippen LogP contribution in [0.4, 0.5) is 0 Å². The summed E-state index contributed by atoms with van der Waals surface area (Å²) < 4.78 is 17.4. The molecular weight excluding hydrogens is 432 g/mol. The number of carbonyl (C=O) groups excluding carboxylic acids is 1. The molecule has 1 aliphatic heterocycles. The summed E-state index contributed by atoms with van der Waals surface area (Å²) in [5.74, 6) is 1.57. The maximum atomic E-state index is 13.5. The van der Waals surface area contributed by atoms with Gasteiger partial charge in [-0.25, -0.2) is 4.99 Å². The average molecular weight is 467 g/mol. The highest BCUT2D eigenvalue weighted by molar-refractivity contribution is 6.01. The lowest BCUT2D eigenvalue weighted by Gasteiger charge is -2.29. The van der Waals surface area contributed by atoms with E-state index in [2.05, 4.69) is 18.8 Å². The van der Waals surface area contributed by atoms with E-state index in [1.165, 1.54) is 0 Å². The third-order valence-corrected chi connectivity index (χ3v) is 5.70. The Morgan fingerprint density at radius 3 is 2.71 bits per heavy atom. The molecule has 7 heteroatoms. The smallest absolute Gasteiger partial charge is 0.252 e. The van der Waals surface area contributed by atoms with Gasteiger partial charge < -0.3 is 24.6 Å². The van der Waals surface area contributed by atoms with Crippen molar-refractivity contribution >= 4 is 11.8 Å². The van der Waals surface area contributed by atoms with Crippen molar-refractivity contribution in [2.24, 2.45) is 4.99 Å². The number of ether oxygens (including phenoxy) is 3. The number of nitrogens with one attached hydrogen (secondary N) is 1. The Kier molecular flexibility index (Phi) is 9.10. The minimum Gasteiger partial charge on any atom is -0.497 e. The van der Waals surface area contributed by atoms with Gasteiger partial charge in [-0.15, -0.1) is 6.58 Å². The van der Waals surface area contributed by atoms with Crippen LogP contribution in [0.3, 0.4) is 0 Å². The molecule has 0 radical (unpaired) electrons. The van der Waals surface area contributed by atoms with Gasteiger partial charge in [0.05, 0.1) is 13.7 Å². The van der Waals surface area contributed by atoms with Gasteiger partial charge in [-0.3, -0.25) is 4.79 Å². The number of unbranched alkanes of at least 4 members (excludes halogenated alkanes) is 1. The molecule has 2 atom stereocenters. The lowest BCUT2D eigenvalue weighted by atomic mass is 9.84. The van der Waals surface area contributed by atoms with E-state index in [1.54, 1.807) is 13.2 Å². The van der Waals surface area contributed by atoms with E-state index in [-0.39, 0.29) is 12.5 Å². The molecule has 2 aromatic carbocycles. The fraction of sp³-hybridized carbons (Fsp3) is 0.407. The van der Waals surface area contributed by atoms with Gasteiger partial charge >= 0.3 is 0 Å². The summed E-state index contributed by atoms with van der Waals surface area (Å²) in [5.41, 5.74) is 0.359. The van der Waals surface area contributed by atoms with Gasteiger partial charge in [-0.2, -0.15) is 0 Å². The minimum atomic E-state index is -1.19. The number of methoxy groups -OCH3 is 1. The van der Waals surface area contributed by atoms with Crippen LogP contribution in [0.15, 0.2) is 66.2 Å². The molecule has 34 heavy (non-hydrogen) atoms. The van der Waals surface area contributed by atoms with Crippen LogP contribution in [0.2, 0.25) is 0 Å². The van der Waals surface area contributed by atoms with Gasteiger partial charge in [-0.1, -0.05) is 31.6 Å². The molecule has 1 aliphatic rings. The zero-order valence-corrected chi connectivity index (χ0v) is 20.0. The van der Waals surface area contributed by atoms with Crippen LogP contribution >= 0.6 is 0 Å². The summed E-state index contributed by atoms with van der Waals surface area (Å²) in [7, 11) is 1.61. The van der Waals surface area contributed by atoms with Crippen molar-refractivity contribution in [2.45, 2.75) is 44.2 Å². The van der Waals surface area contributed by atoms with Crippen LogP contribution in [0.25, 0.3) is 0 Å². The van der Waals surface area contributed by atoms with Crippen LogP contribution in [-0.4, -0.2) is 49.3 Å². The number of nitrogens with zero attached hydrogens (tertiary/aromatic N) is 1. The molecule has 182 valence electrons. The Morgan fingerprint density at radius 1 is 1.24 bits per heavy atom. The van der Waals surface area contributed by atoms with E-state index in [9.17, 15) is 4.79 Å². The molecule has 0 aromatic heterocycles. The normalized spacial score (nSPS) is 19.1. The van der Waals surface area contributed by atoms with Gasteiger partial charge in [0, 0.05) is 31.6 Å². The summed E-state index contributed by atoms with van der Waals surface area (Å²) in [4.78, 5) is 18.4. The molecule has 7 nitrogen and oxygen atoms in total. The number of benzene rings is 2. The van der Waals surface area contributed by atoms with E-state index in [0.717, 1.165) is 24.0 Å². The zero-order chi connectivity index (χ0) is 24.4. The first-order valence-corrected chi connectivity index (χ1v) is 11.7. The molecule has 1 amide bonds. The summed E-state index contributed by atoms with van der Waals surface area (Å²) in [5, 5.41) is 12.0. The first kappa shape index (κ1) is 25.3. The molecule has 0 aliphatic carbocycles. The third kappa shape index (κ3) is 5.78. The van der Waals surface area contributed by atoms with Gasteiger partial charge in [0.2, 0.25) is 5.90 Å². The Balaban J connectivity index is 1.97. The number of amides is 1. The lowest BCUT2D eigenvalue weighted by molar-refractivity contribution is -0.128. The molecule has 0 bridgehead atoms. The van der Waals surface area contributed by atoms with Crippen LogP contribution in [0.5, 0.6) is 11.5 Å². The predicted molar refractivity (Wildman–Crippen MR) is 132 cm³/mol. The quantitative estimate of drug-likeness (QED) is 0.341. The zero-order valence-electron chi connectivity index (χ0n) is 20.0. The maximum Gasteiger partial charge on any atom is 0.252 e. The molecule has 0 fully saturated rings. The van der Waals surface area contributed by atoms with Gasteiger partial charge in [0.25, 0.3) is 5.91 Å². The van der Waals surface area contributed by atoms with Crippen LogP contribution < -0.4 is 14.8 Å². The second-order valence-electron chi connectivity index (χ2n) is 8.17. The Morgan fingerprint density at radius 2 is 2.03 bits per heavy atom. The highest BCUT2D eigenvalue weighted by Crippen LogP contribution is 2.43. The Hall–Kier alpha value is -3.32. The Bertz CT molecular complexity index is 989. The number of carbonyl (C=O) groups is 1. The second-order valence-corrected chi connectivity index (χ2v) is 8.17. The number of rotatable bonds is 13. The number of hydrogen-bond acceptors (Lipinski definition) is 6. The van der Waals surface area contributed by atoms with E-state index in [1.807, 2.05) is 48.5 Å². The highest BCUT2D eigenvalue weighted by Gasteiger charge is 2.52. The first-order chi connectivity index (χ1) is 16.6. The first-order valence-electron chi connectivity index (χ1n) is 11.7. The summed E-state index contributed by atoms with van der Waals surface area (Å²) in [6.45, 7) is 7.06. The van der Waals surface area contributed by atoms with E-state index in [0.29, 0.717) is 43.4 Å². The van der Waals surface area contributed by atoms with E-state index < -0.39 is 11.6 Å². The fourth-order valence-electron chi connectivity index (χ4n) is 3.87. The molecule has 2 N–H and O–H groups in total. The second kappa shape index (κ2) is 12.2. The molecule has 0 unspecified atom stereocenters. The molecule has 1 heterocycles. The monoisotopic (exact) mass is 466 g/mol. The summed E-state index contributed by atoms with van der Waals surface area (Å²) in [6.07, 6.45) is 3.81. The van der Waals surface area contributed by atoms with Crippen molar-refractivity contribution in [3.8, 4) is 11.5 Å². The van der Waals surface area contributed by atoms with Crippen molar-refractivity contribution in [3.63, 3.8) is 0 Å². The largest absolute Gasteiger partial charge is 0.497 e. The summed E-state index contributed by atoms with van der Waals surface area (Å²) >= 11 is 0. The third-order valence-electron chi connectivity index (χ3n) is 5.70. The number of aliphatic hydroxyl groups is 1. The van der Waals surface area contributed by atoms with Crippen molar-refractivity contribution < 1.29 is 24.1 Å². The Labute approximate surface area is 201 Å². The van der Waals surface area contributed by atoms with Crippen LogP contribution in [0, 0.1) is 0 Å². The minimum absolute atomic E-state index is 0.0834. The summed E-state index contributed by atoms with van der Waals surface area (Å²) in [6, 6.07) is 14.9. The standard InChI is InChI=1S/C27H34N2O5/c1-4-6-16-28-26(31)27(15-5-2)24(21-9-7-10-23(19-21)32-3)34-25(29-27)20-11-13-22(14-12-20)33-18-8-17-30/h5,7,9-14,19,24,30H,2,4,6,8,15-18H2,1,3H3,(H,28,31)/t24-,27-/m1/s1. The molecule has 0 saturated carbocycles. The number of aliphatic hydroxyl groups excluding tert-OH is 1. The number of aliphatic imine (C=N–C) groups is 1. The molecule has 3 rings (SSSR count). The molecular formula is C27H34N2O5. The maximum absolute atomic E-state index is 13.5. The molecule has 0 saturated heterocycles. The lowest BCUT2D eigenvalue weighted by Crippen LogP contribution is -2.48. The molecule has 0 spiro atoms. The van der Waals surface area contributed by atoms with Crippen molar-refractivity contribution in [1.82, 2.24) is 5.32 Å². The average Bonchev–Trinajstić information content (AvgIpc) is 3.25. The fourth-order valence-corrected chi connectivity index (χ4v) is 3.87. The van der Waals surface area contributed by atoms with Crippen LogP contribution in [0.1, 0.15) is 49.8 Å². The van der Waals surface area contributed by atoms with E-state index >= 15 is 0 Å². The number of hydrogen-bond donors (Lipinski definition) is 2. The van der Waals surface area contributed by atoms with Crippen molar-refractivity contribution in [3.05, 3.63) is 72.3 Å². The predicted octanol–water partition coefficient (Wildman–Crippen LogP) is 4.21. The van der Waals surface area contributed by atoms with Gasteiger partial charge in [0.15, 0.2) is 11.6 Å². The van der Waals surface area contributed by atoms with Gasteiger partial charge in [-0.05, 0) is 48.4 Å². The topological polar surface area (TPSA) is 89.4 Å². The van der Waals surface area contributed by atoms with Crippen LogP contribution in [-0.2, 0) is 9.53 Å². The van der Waals surface area contributed by atoms with Crippen molar-refractivity contribution in [2.75, 3.05) is 26.9 Å². The van der Waals surface area contributed by atoms with E-state index in [4.69, 9.17) is 24.3 Å². The van der Waals surface area contributed by atoms with Crippen molar-refractivity contribution in [1.29, 1.82) is 0 Å². The highest BCUT2D eigenvalue weighted by atomic mass is 16.5. The SMILES string of the molecule is C=CC[C@@]1(C(=O)NCCCC)N=C(c2ccc(OCCCO)cc2)O[C@@H]1c1cccc(OC)c1. The molecule has 2 aromatic rings. The van der Waals surface area contributed by atoms with Gasteiger partial charge in [0.1, 0.15) is 11.5 Å².